The van der Waals surface area contributed by atoms with Crippen LogP contribution in [0.2, 0.25) is 0 Å². The van der Waals surface area contributed by atoms with Crippen molar-refractivity contribution in [1.82, 2.24) is 4.98 Å². The quantitative estimate of drug-likeness (QED) is 0.757. The molecule has 0 aromatic carbocycles. The highest BCUT2D eigenvalue weighted by Crippen LogP contribution is 2.16. The second kappa shape index (κ2) is 4.79. The first kappa shape index (κ1) is 11.5. The van der Waals surface area contributed by atoms with E-state index in [0.717, 1.165) is 5.82 Å². The van der Waals surface area contributed by atoms with Gasteiger partial charge in [-0.15, -0.1) is 0 Å². The third-order valence-electron chi connectivity index (χ3n) is 2.79. The van der Waals surface area contributed by atoms with Gasteiger partial charge < -0.3 is 4.90 Å². The number of hydrogen-bond donors (Lipinski definition) is 0. The zero-order valence-corrected chi connectivity index (χ0v) is 9.73. The molecular formula is C12H17N3. The number of aromatic nitrogens is 1. The molecular weight excluding hydrogens is 186 g/mol. The molecule has 0 aliphatic carbocycles. The van der Waals surface area contributed by atoms with Gasteiger partial charge in [-0.2, -0.15) is 5.26 Å². The molecule has 1 heterocycles. The van der Waals surface area contributed by atoms with Crippen LogP contribution in [-0.2, 0) is 0 Å². The number of hydrogen-bond acceptors (Lipinski definition) is 3. The normalized spacial score (nSPS) is 12.3. The lowest BCUT2D eigenvalue weighted by Gasteiger charge is -2.28. The minimum absolute atomic E-state index is 0.409. The fourth-order valence-electron chi connectivity index (χ4n) is 1.34. The van der Waals surface area contributed by atoms with Crippen LogP contribution in [0.1, 0.15) is 26.5 Å². The van der Waals surface area contributed by atoms with Gasteiger partial charge in [0.1, 0.15) is 17.6 Å². The zero-order chi connectivity index (χ0) is 11.4. The number of anilines is 1. The summed E-state index contributed by atoms with van der Waals surface area (Å²) in [5, 5.41) is 8.76. The molecule has 0 bridgehead atoms. The molecule has 3 heteroatoms. The van der Waals surface area contributed by atoms with Crippen molar-refractivity contribution >= 4 is 5.82 Å². The van der Waals surface area contributed by atoms with Gasteiger partial charge >= 0.3 is 0 Å². The van der Waals surface area contributed by atoms with Crippen LogP contribution in [0.4, 0.5) is 5.82 Å². The lowest BCUT2D eigenvalue weighted by molar-refractivity contribution is 0.502. The Morgan fingerprint density at radius 1 is 1.33 bits per heavy atom. The van der Waals surface area contributed by atoms with Gasteiger partial charge in [0.2, 0.25) is 0 Å². The molecule has 0 aliphatic rings. The molecule has 80 valence electrons. The maximum atomic E-state index is 8.76. The van der Waals surface area contributed by atoms with E-state index in [1.165, 1.54) is 0 Å². The summed E-state index contributed by atoms with van der Waals surface area (Å²) < 4.78 is 0. The molecule has 0 N–H and O–H groups in total. The van der Waals surface area contributed by atoms with E-state index in [-0.39, 0.29) is 0 Å². The molecule has 0 aliphatic heterocycles. The van der Waals surface area contributed by atoms with Crippen LogP contribution < -0.4 is 4.90 Å². The van der Waals surface area contributed by atoms with Crippen molar-refractivity contribution in [2.45, 2.75) is 26.8 Å². The summed E-state index contributed by atoms with van der Waals surface area (Å²) in [6, 6.07) is 7.98. The average Bonchev–Trinajstić information content (AvgIpc) is 2.27. The average molecular weight is 203 g/mol. The molecule has 0 spiro atoms. The van der Waals surface area contributed by atoms with Crippen LogP contribution in [0.15, 0.2) is 18.2 Å². The maximum Gasteiger partial charge on any atom is 0.142 e. The SMILES string of the molecule is CC(C)C(C)N(C)c1cccc(C#N)n1. The molecule has 0 saturated heterocycles. The molecule has 1 rings (SSSR count). The van der Waals surface area contributed by atoms with E-state index in [2.05, 4.69) is 36.7 Å². The van der Waals surface area contributed by atoms with Crippen molar-refractivity contribution < 1.29 is 0 Å². The first-order valence-corrected chi connectivity index (χ1v) is 5.16. The van der Waals surface area contributed by atoms with Crippen molar-refractivity contribution in [2.24, 2.45) is 5.92 Å². The smallest absolute Gasteiger partial charge is 0.142 e. The van der Waals surface area contributed by atoms with E-state index in [1.807, 2.05) is 19.2 Å². The molecule has 0 saturated carbocycles. The first-order valence-electron chi connectivity index (χ1n) is 5.16. The fourth-order valence-corrected chi connectivity index (χ4v) is 1.34. The molecule has 1 aromatic heterocycles. The van der Waals surface area contributed by atoms with E-state index in [0.29, 0.717) is 17.7 Å². The van der Waals surface area contributed by atoms with Gasteiger partial charge in [-0.25, -0.2) is 4.98 Å². The highest BCUT2D eigenvalue weighted by Gasteiger charge is 2.14. The minimum Gasteiger partial charge on any atom is -0.357 e. The second-order valence-corrected chi connectivity index (χ2v) is 4.09. The Bertz CT molecular complexity index is 365. The minimum atomic E-state index is 0.409. The third-order valence-corrected chi connectivity index (χ3v) is 2.79. The highest BCUT2D eigenvalue weighted by molar-refractivity contribution is 5.41. The van der Waals surface area contributed by atoms with Crippen LogP contribution in [0, 0.1) is 17.2 Å². The highest BCUT2D eigenvalue weighted by atomic mass is 15.2. The maximum absolute atomic E-state index is 8.76. The molecule has 1 aromatic rings. The van der Waals surface area contributed by atoms with Crippen LogP contribution in [0.25, 0.3) is 0 Å². The van der Waals surface area contributed by atoms with Gasteiger partial charge in [0, 0.05) is 13.1 Å². The van der Waals surface area contributed by atoms with E-state index >= 15 is 0 Å². The molecule has 1 atom stereocenters. The molecule has 0 radical (unpaired) electrons. The van der Waals surface area contributed by atoms with E-state index in [1.54, 1.807) is 6.07 Å². The van der Waals surface area contributed by atoms with Crippen molar-refractivity contribution in [1.29, 1.82) is 5.26 Å². The summed E-state index contributed by atoms with van der Waals surface area (Å²) in [4.78, 5) is 6.36. The van der Waals surface area contributed by atoms with Crippen LogP contribution in [0.5, 0.6) is 0 Å². The number of rotatable bonds is 3. The fraction of sp³-hybridized carbons (Fsp3) is 0.500. The lowest BCUT2D eigenvalue weighted by atomic mass is 10.1. The predicted molar refractivity (Wildman–Crippen MR) is 61.7 cm³/mol. The Balaban J connectivity index is 2.91. The first-order chi connectivity index (χ1) is 7.06. The third kappa shape index (κ3) is 2.69. The topological polar surface area (TPSA) is 39.9 Å². The van der Waals surface area contributed by atoms with Crippen molar-refractivity contribution in [3.8, 4) is 6.07 Å². The summed E-state index contributed by atoms with van der Waals surface area (Å²) in [5.41, 5.74) is 0.468. The zero-order valence-electron chi connectivity index (χ0n) is 9.73. The number of nitriles is 1. The standard InChI is InChI=1S/C12H17N3/c1-9(2)10(3)15(4)12-7-5-6-11(8-13)14-12/h5-7,9-10H,1-4H3. The van der Waals surface area contributed by atoms with Gasteiger partial charge in [0.05, 0.1) is 0 Å². The molecule has 0 amide bonds. The van der Waals surface area contributed by atoms with Gasteiger partial charge in [-0.3, -0.25) is 0 Å². The van der Waals surface area contributed by atoms with Crippen molar-refractivity contribution in [2.75, 3.05) is 11.9 Å². The van der Waals surface area contributed by atoms with Crippen LogP contribution >= 0.6 is 0 Å². The van der Waals surface area contributed by atoms with Gasteiger partial charge in [-0.1, -0.05) is 19.9 Å². The van der Waals surface area contributed by atoms with E-state index in [4.69, 9.17) is 5.26 Å². The molecule has 0 fully saturated rings. The monoisotopic (exact) mass is 203 g/mol. The largest absolute Gasteiger partial charge is 0.357 e. The van der Waals surface area contributed by atoms with E-state index < -0.39 is 0 Å². The second-order valence-electron chi connectivity index (χ2n) is 4.09. The van der Waals surface area contributed by atoms with Crippen molar-refractivity contribution in [3.63, 3.8) is 0 Å². The Morgan fingerprint density at radius 3 is 2.53 bits per heavy atom. The summed E-state index contributed by atoms with van der Waals surface area (Å²) in [7, 11) is 2.01. The van der Waals surface area contributed by atoms with Crippen LogP contribution in [-0.4, -0.2) is 18.1 Å². The summed E-state index contributed by atoms with van der Waals surface area (Å²) in [6.45, 7) is 6.51. The van der Waals surface area contributed by atoms with Gasteiger partial charge in [0.15, 0.2) is 0 Å². The van der Waals surface area contributed by atoms with Crippen LogP contribution in [0.3, 0.4) is 0 Å². The predicted octanol–water partition coefficient (Wildman–Crippen LogP) is 2.43. The Morgan fingerprint density at radius 2 is 2.00 bits per heavy atom. The molecule has 1 unspecified atom stereocenters. The Hall–Kier alpha value is -1.56. The van der Waals surface area contributed by atoms with Gasteiger partial charge in [-0.05, 0) is 25.0 Å². The summed E-state index contributed by atoms with van der Waals surface area (Å²) >= 11 is 0. The molecule has 3 nitrogen and oxygen atoms in total. The Labute approximate surface area is 91.4 Å². The van der Waals surface area contributed by atoms with Gasteiger partial charge in [0.25, 0.3) is 0 Å². The number of nitrogens with zero attached hydrogens (tertiary/aromatic N) is 3. The lowest BCUT2D eigenvalue weighted by Crippen LogP contribution is -2.33. The van der Waals surface area contributed by atoms with Crippen molar-refractivity contribution in [3.05, 3.63) is 23.9 Å². The summed E-state index contributed by atoms with van der Waals surface area (Å²) in [5.74, 6) is 1.41. The molecule has 15 heavy (non-hydrogen) atoms. The number of pyridine rings is 1. The van der Waals surface area contributed by atoms with E-state index in [9.17, 15) is 0 Å². The summed E-state index contributed by atoms with van der Waals surface area (Å²) in [6.07, 6.45) is 0. The Kier molecular flexibility index (Phi) is 3.68.